The number of aryl methyl sites for hydroxylation is 1. The van der Waals surface area contributed by atoms with Crippen molar-refractivity contribution in [1.29, 1.82) is 0 Å². The van der Waals surface area contributed by atoms with E-state index in [1.807, 2.05) is 6.20 Å². The Balaban J connectivity index is 1.63. The molecule has 3 aromatic rings. The number of benzene rings is 1. The van der Waals surface area contributed by atoms with Gasteiger partial charge < -0.3 is 10.7 Å². The van der Waals surface area contributed by atoms with Crippen LogP contribution in [0.1, 0.15) is 48.8 Å². The minimum absolute atomic E-state index is 0.360. The fourth-order valence-electron chi connectivity index (χ4n) is 4.53. The van der Waals surface area contributed by atoms with Gasteiger partial charge in [-0.25, -0.2) is 4.98 Å². The van der Waals surface area contributed by atoms with E-state index >= 15 is 0 Å². The molecule has 4 rings (SSSR count). The third-order valence-corrected chi connectivity index (χ3v) is 5.83. The number of pyridine rings is 1. The molecule has 1 atom stereocenters. The number of hydrogen-bond acceptors (Lipinski definition) is 4. The second-order valence-corrected chi connectivity index (χ2v) is 8.08. The fraction of sp³-hybridized carbons (Fsp3) is 0.429. The Morgan fingerprint density at radius 3 is 3.00 bits per heavy atom. The Labute approximate surface area is 169 Å². The summed E-state index contributed by atoms with van der Waals surface area (Å²) in [4.78, 5) is 15.8. The number of aromatic amines is 1. The third kappa shape index (κ3) is 4.01. The molecule has 0 fully saturated rings. The van der Waals surface area contributed by atoms with E-state index in [1.54, 1.807) is 0 Å². The lowest BCUT2D eigenvalue weighted by Crippen LogP contribution is -2.33. The van der Waals surface area contributed by atoms with Gasteiger partial charge in [0.2, 0.25) is 0 Å². The molecule has 1 aliphatic rings. The predicted molar refractivity (Wildman–Crippen MR) is 121 cm³/mol. The van der Waals surface area contributed by atoms with Crippen molar-refractivity contribution >= 4 is 37.7 Å². The van der Waals surface area contributed by atoms with Crippen LogP contribution in [0.3, 0.4) is 0 Å². The predicted octanol–water partition coefficient (Wildman–Crippen LogP) is 0.0932. The summed E-state index contributed by atoms with van der Waals surface area (Å²) in [5, 5.41) is 0. The number of fused-ring (bicyclic) bond motifs is 2. The molecule has 0 saturated carbocycles. The molecule has 3 N–H and O–H groups in total. The SMILES string of the molecule is Bc1cc(B)c2nc(CN(CCCCN)[C@H]3CCCc4cccnc43)[nH]c2c1. The van der Waals surface area contributed by atoms with Gasteiger partial charge >= 0.3 is 0 Å². The van der Waals surface area contributed by atoms with E-state index in [4.69, 9.17) is 15.7 Å². The van der Waals surface area contributed by atoms with Crippen molar-refractivity contribution in [2.24, 2.45) is 5.73 Å². The maximum atomic E-state index is 5.75. The van der Waals surface area contributed by atoms with Crippen molar-refractivity contribution in [2.45, 2.75) is 44.7 Å². The normalized spacial score (nSPS) is 16.6. The highest BCUT2D eigenvalue weighted by Crippen LogP contribution is 2.33. The summed E-state index contributed by atoms with van der Waals surface area (Å²) < 4.78 is 0. The van der Waals surface area contributed by atoms with Gasteiger partial charge in [-0.2, -0.15) is 0 Å². The number of imidazole rings is 1. The van der Waals surface area contributed by atoms with E-state index in [1.165, 1.54) is 28.6 Å². The molecule has 28 heavy (non-hydrogen) atoms. The lowest BCUT2D eigenvalue weighted by atomic mass is 9.86. The molecule has 0 amide bonds. The van der Waals surface area contributed by atoms with E-state index in [0.29, 0.717) is 6.04 Å². The van der Waals surface area contributed by atoms with Crippen molar-refractivity contribution in [2.75, 3.05) is 13.1 Å². The van der Waals surface area contributed by atoms with Crippen LogP contribution >= 0.6 is 0 Å². The van der Waals surface area contributed by atoms with Crippen LogP contribution in [-0.2, 0) is 13.0 Å². The van der Waals surface area contributed by atoms with Crippen LogP contribution in [0.4, 0.5) is 0 Å². The zero-order valence-corrected chi connectivity index (χ0v) is 17.0. The maximum Gasteiger partial charge on any atom is 0.142 e. The van der Waals surface area contributed by atoms with E-state index < -0.39 is 0 Å². The standard InChI is InChI=1S/C21H29B2N5/c22-15-11-16(23)21-17(12-15)26-19(27-21)13-28(10-2-1-8-24)18-7-3-5-14-6-4-9-25-20(14)18/h4,6,9,11-12,18H,1-3,5,7-8,10,13,22-24H2,(H,26,27)/t18-/m0/s1. The van der Waals surface area contributed by atoms with Gasteiger partial charge in [-0.1, -0.05) is 23.1 Å². The Hall–Kier alpha value is -2.11. The molecular formula is C21H29B2N5. The molecule has 0 radical (unpaired) electrons. The minimum Gasteiger partial charge on any atom is -0.341 e. The van der Waals surface area contributed by atoms with E-state index in [-0.39, 0.29) is 0 Å². The summed E-state index contributed by atoms with van der Waals surface area (Å²) in [7, 11) is 4.27. The molecule has 0 bridgehead atoms. The number of aromatic nitrogens is 3. The molecule has 0 spiro atoms. The number of hydrogen-bond donors (Lipinski definition) is 2. The first-order valence-corrected chi connectivity index (χ1v) is 10.5. The van der Waals surface area contributed by atoms with Gasteiger partial charge in [0.05, 0.1) is 29.3 Å². The number of rotatable bonds is 7. The number of nitrogens with zero attached hydrogens (tertiary/aromatic N) is 3. The topological polar surface area (TPSA) is 70.8 Å². The van der Waals surface area contributed by atoms with Crippen LogP contribution in [0, 0.1) is 0 Å². The summed E-state index contributed by atoms with van der Waals surface area (Å²) in [5.74, 6) is 1.04. The number of H-pyrrole nitrogens is 1. The van der Waals surface area contributed by atoms with Crippen molar-refractivity contribution in [3.8, 4) is 0 Å². The monoisotopic (exact) mass is 373 g/mol. The Morgan fingerprint density at radius 2 is 2.14 bits per heavy atom. The first-order chi connectivity index (χ1) is 13.7. The molecular weight excluding hydrogens is 344 g/mol. The van der Waals surface area contributed by atoms with Gasteiger partial charge in [0.25, 0.3) is 0 Å². The van der Waals surface area contributed by atoms with Crippen molar-refractivity contribution < 1.29 is 0 Å². The molecule has 1 aromatic carbocycles. The van der Waals surface area contributed by atoms with Crippen molar-refractivity contribution in [1.82, 2.24) is 19.9 Å². The van der Waals surface area contributed by atoms with Gasteiger partial charge in [0, 0.05) is 6.20 Å². The molecule has 5 nitrogen and oxygen atoms in total. The fourth-order valence-corrected chi connectivity index (χ4v) is 4.53. The van der Waals surface area contributed by atoms with E-state index in [0.717, 1.165) is 62.2 Å². The molecule has 2 aromatic heterocycles. The zero-order valence-electron chi connectivity index (χ0n) is 17.0. The average molecular weight is 373 g/mol. The van der Waals surface area contributed by atoms with Crippen molar-refractivity contribution in [3.63, 3.8) is 0 Å². The lowest BCUT2D eigenvalue weighted by molar-refractivity contribution is 0.159. The molecule has 2 heterocycles. The largest absolute Gasteiger partial charge is 0.341 e. The minimum atomic E-state index is 0.360. The van der Waals surface area contributed by atoms with Crippen molar-refractivity contribution in [3.05, 3.63) is 47.5 Å². The number of unbranched alkanes of at least 4 members (excludes halogenated alkanes) is 1. The molecule has 0 saturated heterocycles. The molecule has 7 heteroatoms. The van der Waals surface area contributed by atoms with Crippen LogP contribution in [0.25, 0.3) is 11.0 Å². The average Bonchev–Trinajstić information content (AvgIpc) is 3.10. The smallest absolute Gasteiger partial charge is 0.142 e. The third-order valence-electron chi connectivity index (χ3n) is 5.83. The van der Waals surface area contributed by atoms with Crippen LogP contribution in [0.5, 0.6) is 0 Å². The Morgan fingerprint density at radius 1 is 1.25 bits per heavy atom. The van der Waals surface area contributed by atoms with Gasteiger partial charge in [0.15, 0.2) is 0 Å². The van der Waals surface area contributed by atoms with Gasteiger partial charge in [-0.15, -0.1) is 0 Å². The van der Waals surface area contributed by atoms with Gasteiger partial charge in [-0.3, -0.25) is 9.88 Å². The van der Waals surface area contributed by atoms with Crippen LogP contribution < -0.4 is 16.7 Å². The summed E-state index contributed by atoms with van der Waals surface area (Å²) >= 11 is 0. The maximum absolute atomic E-state index is 5.75. The molecule has 144 valence electrons. The van der Waals surface area contributed by atoms with Gasteiger partial charge in [-0.05, 0) is 62.9 Å². The molecule has 1 aliphatic carbocycles. The van der Waals surface area contributed by atoms with Gasteiger partial charge in [0.1, 0.15) is 21.5 Å². The van der Waals surface area contributed by atoms with E-state index in [2.05, 4.69) is 49.8 Å². The van der Waals surface area contributed by atoms with Crippen LogP contribution in [0.2, 0.25) is 0 Å². The zero-order chi connectivity index (χ0) is 19.5. The second kappa shape index (κ2) is 8.50. The number of nitrogens with one attached hydrogen (secondary N) is 1. The first-order valence-electron chi connectivity index (χ1n) is 10.5. The second-order valence-electron chi connectivity index (χ2n) is 8.08. The highest BCUT2D eigenvalue weighted by Gasteiger charge is 2.27. The summed E-state index contributed by atoms with van der Waals surface area (Å²) in [5.41, 5.74) is 13.1. The highest BCUT2D eigenvalue weighted by atomic mass is 15.2. The van der Waals surface area contributed by atoms with Crippen LogP contribution in [-0.4, -0.2) is 48.6 Å². The number of nitrogens with two attached hydrogens (primary N) is 1. The summed E-state index contributed by atoms with van der Waals surface area (Å²) in [6.45, 7) is 2.59. The Kier molecular flexibility index (Phi) is 5.83. The lowest BCUT2D eigenvalue weighted by Gasteiger charge is -2.34. The molecule has 0 unspecified atom stereocenters. The quantitative estimate of drug-likeness (QED) is 0.455. The summed E-state index contributed by atoms with van der Waals surface area (Å²) in [6.07, 6.45) is 7.60. The summed E-state index contributed by atoms with van der Waals surface area (Å²) in [6, 6.07) is 9.05. The van der Waals surface area contributed by atoms with E-state index in [9.17, 15) is 0 Å². The highest BCUT2D eigenvalue weighted by molar-refractivity contribution is 6.42. The Bertz CT molecular complexity index is 955. The first kappa shape index (κ1) is 19.2. The molecule has 0 aliphatic heterocycles. The van der Waals surface area contributed by atoms with Crippen LogP contribution in [0.15, 0.2) is 30.5 Å².